The van der Waals surface area contributed by atoms with Gasteiger partial charge in [0.15, 0.2) is 0 Å². The van der Waals surface area contributed by atoms with Crippen molar-refractivity contribution < 1.29 is 13.5 Å². The molecule has 23 heavy (non-hydrogen) atoms. The molecule has 1 unspecified atom stereocenters. The van der Waals surface area contributed by atoms with Crippen LogP contribution in [0.5, 0.6) is 0 Å². The first kappa shape index (κ1) is 16.9. The van der Waals surface area contributed by atoms with E-state index in [0.29, 0.717) is 24.0 Å². The van der Waals surface area contributed by atoms with Gasteiger partial charge in [-0.2, -0.15) is 4.31 Å². The van der Waals surface area contributed by atoms with Gasteiger partial charge in [0.25, 0.3) is 0 Å². The van der Waals surface area contributed by atoms with Crippen LogP contribution in [0.4, 0.5) is 0 Å². The maximum absolute atomic E-state index is 12.7. The Morgan fingerprint density at radius 2 is 1.74 bits per heavy atom. The van der Waals surface area contributed by atoms with Gasteiger partial charge in [0, 0.05) is 25.2 Å². The highest BCUT2D eigenvalue weighted by molar-refractivity contribution is 7.89. The van der Waals surface area contributed by atoms with E-state index in [4.69, 9.17) is 0 Å². The summed E-state index contributed by atoms with van der Waals surface area (Å²) < 4.78 is 27.0. The number of hydrogen-bond acceptors (Lipinski definition) is 4. The first-order chi connectivity index (χ1) is 11.0. The number of aryl methyl sites for hydroxylation is 1. The largest absolute Gasteiger partial charge is 0.395 e. The monoisotopic (exact) mass is 338 g/mol. The second-order valence-corrected chi connectivity index (χ2v) is 8.60. The molecule has 0 aromatic heterocycles. The molecule has 3 rings (SSSR count). The van der Waals surface area contributed by atoms with Crippen LogP contribution in [-0.2, 0) is 10.0 Å². The van der Waals surface area contributed by atoms with Crippen LogP contribution in [-0.4, -0.2) is 61.1 Å². The molecule has 1 N–H and O–H groups in total. The van der Waals surface area contributed by atoms with E-state index in [1.807, 2.05) is 19.1 Å². The summed E-state index contributed by atoms with van der Waals surface area (Å²) in [6.07, 6.45) is 3.88. The molecule has 2 aliphatic heterocycles. The molecule has 0 saturated carbocycles. The van der Waals surface area contributed by atoms with Gasteiger partial charge in [0.05, 0.1) is 11.5 Å². The number of rotatable bonds is 4. The van der Waals surface area contributed by atoms with E-state index in [-0.39, 0.29) is 12.6 Å². The van der Waals surface area contributed by atoms with Crippen molar-refractivity contribution in [2.24, 2.45) is 0 Å². The SMILES string of the molecule is Cc1ccc(S(=O)(=O)N2CCC(N3CCCC3CO)CC2)cc1. The summed E-state index contributed by atoms with van der Waals surface area (Å²) in [5.41, 5.74) is 1.06. The van der Waals surface area contributed by atoms with Crippen molar-refractivity contribution in [1.82, 2.24) is 9.21 Å². The number of nitrogens with zero attached hydrogens (tertiary/aromatic N) is 2. The predicted octanol–water partition coefficient (Wildman–Crippen LogP) is 1.60. The molecule has 0 spiro atoms. The molecule has 1 aromatic rings. The molecule has 2 heterocycles. The third kappa shape index (κ3) is 3.45. The Bertz CT molecular complexity index is 622. The maximum atomic E-state index is 12.7. The zero-order valence-corrected chi connectivity index (χ0v) is 14.5. The number of benzene rings is 1. The van der Waals surface area contributed by atoms with Crippen LogP contribution < -0.4 is 0 Å². The molecular formula is C17H26N2O3S. The Balaban J connectivity index is 1.65. The minimum absolute atomic E-state index is 0.210. The molecule has 128 valence electrons. The summed E-state index contributed by atoms with van der Waals surface area (Å²) in [4.78, 5) is 2.77. The first-order valence-electron chi connectivity index (χ1n) is 8.46. The first-order valence-corrected chi connectivity index (χ1v) is 9.90. The van der Waals surface area contributed by atoms with E-state index in [1.165, 1.54) is 0 Å². The second kappa shape index (κ2) is 6.89. The lowest BCUT2D eigenvalue weighted by Crippen LogP contribution is -2.48. The lowest BCUT2D eigenvalue weighted by atomic mass is 10.0. The normalized spacial score (nSPS) is 25.0. The lowest BCUT2D eigenvalue weighted by molar-refractivity contribution is 0.0899. The molecule has 2 aliphatic rings. The summed E-state index contributed by atoms with van der Waals surface area (Å²) in [6, 6.07) is 7.74. The topological polar surface area (TPSA) is 60.9 Å². The van der Waals surface area contributed by atoms with E-state index in [1.54, 1.807) is 16.4 Å². The van der Waals surface area contributed by atoms with Crippen molar-refractivity contribution in [1.29, 1.82) is 0 Å². The molecule has 0 aliphatic carbocycles. The fourth-order valence-corrected chi connectivity index (χ4v) is 5.28. The van der Waals surface area contributed by atoms with Gasteiger partial charge in [-0.15, -0.1) is 0 Å². The van der Waals surface area contributed by atoms with E-state index in [0.717, 1.165) is 37.8 Å². The van der Waals surface area contributed by atoms with Gasteiger partial charge in [-0.3, -0.25) is 4.90 Å². The molecule has 0 amide bonds. The third-order valence-corrected chi connectivity index (χ3v) is 7.10. The summed E-state index contributed by atoms with van der Waals surface area (Å²) in [6.45, 7) is 4.32. The van der Waals surface area contributed by atoms with E-state index in [2.05, 4.69) is 4.90 Å². The minimum Gasteiger partial charge on any atom is -0.395 e. The summed E-state index contributed by atoms with van der Waals surface area (Å²) in [5, 5.41) is 9.47. The van der Waals surface area contributed by atoms with Gasteiger partial charge >= 0.3 is 0 Å². The highest BCUT2D eigenvalue weighted by Gasteiger charge is 2.35. The number of aliphatic hydroxyl groups excluding tert-OH is 1. The summed E-state index contributed by atoms with van der Waals surface area (Å²) in [7, 11) is -3.38. The molecular weight excluding hydrogens is 312 g/mol. The Hall–Kier alpha value is -0.950. The molecule has 2 fully saturated rings. The maximum Gasteiger partial charge on any atom is 0.243 e. The zero-order valence-electron chi connectivity index (χ0n) is 13.7. The predicted molar refractivity (Wildman–Crippen MR) is 89.8 cm³/mol. The van der Waals surface area contributed by atoms with Crippen molar-refractivity contribution in [3.05, 3.63) is 29.8 Å². The van der Waals surface area contributed by atoms with Crippen molar-refractivity contribution in [3.63, 3.8) is 0 Å². The number of piperidine rings is 1. The van der Waals surface area contributed by atoms with E-state index in [9.17, 15) is 13.5 Å². The highest BCUT2D eigenvalue weighted by Crippen LogP contribution is 2.28. The Morgan fingerprint density at radius 3 is 2.35 bits per heavy atom. The fraction of sp³-hybridized carbons (Fsp3) is 0.647. The molecule has 0 radical (unpaired) electrons. The number of hydrogen-bond donors (Lipinski definition) is 1. The Kier molecular flexibility index (Phi) is 5.06. The van der Waals surface area contributed by atoms with Crippen molar-refractivity contribution in [2.45, 2.75) is 49.6 Å². The Labute approximate surface area is 139 Å². The molecule has 1 aromatic carbocycles. The third-order valence-electron chi connectivity index (χ3n) is 5.18. The molecule has 2 saturated heterocycles. The van der Waals surface area contributed by atoms with Crippen LogP contribution in [0.15, 0.2) is 29.2 Å². The van der Waals surface area contributed by atoms with Crippen LogP contribution in [0.2, 0.25) is 0 Å². The smallest absolute Gasteiger partial charge is 0.243 e. The summed E-state index contributed by atoms with van der Waals surface area (Å²) in [5.74, 6) is 0. The van der Waals surface area contributed by atoms with Crippen molar-refractivity contribution in [2.75, 3.05) is 26.2 Å². The van der Waals surface area contributed by atoms with Crippen LogP contribution in [0.3, 0.4) is 0 Å². The van der Waals surface area contributed by atoms with Gasteiger partial charge in [-0.25, -0.2) is 8.42 Å². The average Bonchev–Trinajstić information content (AvgIpc) is 3.04. The van der Waals surface area contributed by atoms with E-state index < -0.39 is 10.0 Å². The molecule has 0 bridgehead atoms. The van der Waals surface area contributed by atoms with Crippen LogP contribution in [0.1, 0.15) is 31.2 Å². The molecule has 6 heteroatoms. The van der Waals surface area contributed by atoms with Crippen LogP contribution in [0, 0.1) is 6.92 Å². The standard InChI is InChI=1S/C17H26N2O3S/c1-14-4-6-17(7-5-14)23(21,22)18-11-8-15(9-12-18)19-10-2-3-16(19)13-20/h4-7,15-16,20H,2-3,8-13H2,1H3. The van der Waals surface area contributed by atoms with Crippen molar-refractivity contribution in [3.8, 4) is 0 Å². The molecule has 1 atom stereocenters. The highest BCUT2D eigenvalue weighted by atomic mass is 32.2. The summed E-state index contributed by atoms with van der Waals surface area (Å²) >= 11 is 0. The fourth-order valence-electron chi connectivity index (χ4n) is 3.81. The van der Waals surface area contributed by atoms with Gasteiger partial charge in [0.2, 0.25) is 10.0 Å². The van der Waals surface area contributed by atoms with Crippen LogP contribution in [0.25, 0.3) is 0 Å². The van der Waals surface area contributed by atoms with Gasteiger partial charge in [0.1, 0.15) is 0 Å². The quantitative estimate of drug-likeness (QED) is 0.906. The van der Waals surface area contributed by atoms with E-state index >= 15 is 0 Å². The number of likely N-dealkylation sites (tertiary alicyclic amines) is 1. The minimum atomic E-state index is -3.38. The van der Waals surface area contributed by atoms with Crippen LogP contribution >= 0.6 is 0 Å². The number of aliphatic hydroxyl groups is 1. The lowest BCUT2D eigenvalue weighted by Gasteiger charge is -2.38. The van der Waals surface area contributed by atoms with Crippen molar-refractivity contribution >= 4 is 10.0 Å². The Morgan fingerprint density at radius 1 is 1.09 bits per heavy atom. The van der Waals surface area contributed by atoms with Gasteiger partial charge < -0.3 is 5.11 Å². The van der Waals surface area contributed by atoms with Gasteiger partial charge in [-0.05, 0) is 51.3 Å². The molecule has 5 nitrogen and oxygen atoms in total. The zero-order chi connectivity index (χ0) is 16.4. The second-order valence-electron chi connectivity index (χ2n) is 6.66. The number of sulfonamides is 1. The van der Waals surface area contributed by atoms with Gasteiger partial charge in [-0.1, -0.05) is 17.7 Å². The average molecular weight is 338 g/mol.